The van der Waals surface area contributed by atoms with Gasteiger partial charge in [-0.25, -0.2) is 4.98 Å². The first kappa shape index (κ1) is 26.4. The summed E-state index contributed by atoms with van der Waals surface area (Å²) in [7, 11) is 0. The molecule has 0 saturated carbocycles. The Morgan fingerprint density at radius 3 is 2.47 bits per heavy atom. The highest BCUT2D eigenvalue weighted by molar-refractivity contribution is 6.42. The van der Waals surface area contributed by atoms with Crippen LogP contribution in [0.5, 0.6) is 0 Å². The molecule has 0 saturated heterocycles. The summed E-state index contributed by atoms with van der Waals surface area (Å²) in [6.07, 6.45) is 10.1. The molecule has 0 aliphatic rings. The number of unbranched alkanes of at least 4 members (excludes halogenated alkanes) is 4. The number of benzene rings is 1. The average molecular weight is 479 g/mol. The molecule has 0 fully saturated rings. The third kappa shape index (κ3) is 7.93. The summed E-state index contributed by atoms with van der Waals surface area (Å²) in [4.78, 5) is 20.5. The number of nitrogens with one attached hydrogen (secondary N) is 3. The maximum atomic E-state index is 12.9. The summed E-state index contributed by atoms with van der Waals surface area (Å²) in [6.45, 7) is 6.27. The smallest absolute Gasteiger partial charge is 0.262 e. The van der Waals surface area contributed by atoms with Crippen LogP contribution in [-0.4, -0.2) is 21.7 Å². The second-order valence-electron chi connectivity index (χ2n) is 8.33. The van der Waals surface area contributed by atoms with Gasteiger partial charge >= 0.3 is 0 Å². The van der Waals surface area contributed by atoms with Crippen molar-refractivity contribution in [2.24, 2.45) is 0 Å². The lowest BCUT2D eigenvalue weighted by molar-refractivity contribution is 0.532. The van der Waals surface area contributed by atoms with Gasteiger partial charge in [0.15, 0.2) is 0 Å². The van der Waals surface area contributed by atoms with Crippen LogP contribution in [0.2, 0.25) is 10.0 Å². The van der Waals surface area contributed by atoms with Gasteiger partial charge in [0, 0.05) is 18.2 Å². The van der Waals surface area contributed by atoms with Crippen molar-refractivity contribution in [1.82, 2.24) is 9.97 Å². The summed E-state index contributed by atoms with van der Waals surface area (Å²) in [5, 5.41) is 12.8. The number of anilines is 1. The fraction of sp³-hybridized carbons (Fsp3) is 0.560. The molecule has 1 aromatic carbocycles. The van der Waals surface area contributed by atoms with E-state index in [9.17, 15) is 4.79 Å². The van der Waals surface area contributed by atoms with E-state index in [-0.39, 0.29) is 11.6 Å². The fourth-order valence-corrected chi connectivity index (χ4v) is 4.15. The minimum absolute atomic E-state index is 0.233. The summed E-state index contributed by atoms with van der Waals surface area (Å²) in [5.74, 6) is 1.06. The van der Waals surface area contributed by atoms with E-state index < -0.39 is 0 Å². The number of rotatable bonds is 14. The third-order valence-electron chi connectivity index (χ3n) is 5.61. The SMILES string of the molecule is CCCCCCCC(CCC)Nc1nc(Cc2ccc(Cl)c(Cl)c2)[nH]c(=O)c1C(=N)CC. The molecule has 1 atom stereocenters. The average Bonchev–Trinajstić information content (AvgIpc) is 2.75. The van der Waals surface area contributed by atoms with Gasteiger partial charge in [0.1, 0.15) is 17.2 Å². The Morgan fingerprint density at radius 2 is 1.81 bits per heavy atom. The van der Waals surface area contributed by atoms with E-state index >= 15 is 0 Å². The highest BCUT2D eigenvalue weighted by Crippen LogP contribution is 2.24. The summed E-state index contributed by atoms with van der Waals surface area (Å²) in [5.41, 5.74) is 1.27. The Bertz CT molecular complexity index is 942. The van der Waals surface area contributed by atoms with Crippen LogP contribution < -0.4 is 10.9 Å². The predicted molar refractivity (Wildman–Crippen MR) is 137 cm³/mol. The van der Waals surface area contributed by atoms with E-state index in [0.29, 0.717) is 45.8 Å². The van der Waals surface area contributed by atoms with Crippen LogP contribution in [0.3, 0.4) is 0 Å². The lowest BCUT2D eigenvalue weighted by Crippen LogP contribution is -2.28. The second kappa shape index (κ2) is 13.6. The maximum Gasteiger partial charge on any atom is 0.262 e. The van der Waals surface area contributed by atoms with Gasteiger partial charge in [-0.3, -0.25) is 4.79 Å². The van der Waals surface area contributed by atoms with Crippen LogP contribution in [0.1, 0.15) is 95.5 Å². The number of hydrogen-bond donors (Lipinski definition) is 3. The highest BCUT2D eigenvalue weighted by atomic mass is 35.5. The Kier molecular flexibility index (Phi) is 11.3. The fourth-order valence-electron chi connectivity index (χ4n) is 3.83. The van der Waals surface area contributed by atoms with Gasteiger partial charge in [-0.1, -0.05) is 88.6 Å². The first-order chi connectivity index (χ1) is 15.4. The molecule has 5 nitrogen and oxygen atoms in total. The highest BCUT2D eigenvalue weighted by Gasteiger charge is 2.18. The molecule has 0 amide bonds. The van der Waals surface area contributed by atoms with Crippen molar-refractivity contribution in [3.63, 3.8) is 0 Å². The van der Waals surface area contributed by atoms with Crippen molar-refractivity contribution in [2.75, 3.05) is 5.32 Å². The number of H-pyrrole nitrogens is 1. The number of nitrogens with zero attached hydrogens (tertiary/aromatic N) is 1. The lowest BCUT2D eigenvalue weighted by atomic mass is 10.0. The van der Waals surface area contributed by atoms with E-state index in [4.69, 9.17) is 33.6 Å². The lowest BCUT2D eigenvalue weighted by Gasteiger charge is -2.21. The molecule has 1 heterocycles. The van der Waals surface area contributed by atoms with Gasteiger partial charge in [0.05, 0.1) is 10.0 Å². The molecule has 0 aliphatic heterocycles. The summed E-state index contributed by atoms with van der Waals surface area (Å²) in [6, 6.07) is 5.64. The van der Waals surface area contributed by atoms with Crippen LogP contribution in [0.25, 0.3) is 0 Å². The zero-order valence-electron chi connectivity index (χ0n) is 19.5. The molecule has 2 aromatic rings. The second-order valence-corrected chi connectivity index (χ2v) is 9.14. The zero-order chi connectivity index (χ0) is 23.5. The Hall–Kier alpha value is -1.85. The predicted octanol–water partition coefficient (Wildman–Crippen LogP) is 7.39. The molecule has 7 heteroatoms. The molecule has 1 unspecified atom stereocenters. The van der Waals surface area contributed by atoms with Crippen molar-refractivity contribution >= 4 is 34.7 Å². The van der Waals surface area contributed by atoms with E-state index in [0.717, 1.165) is 31.2 Å². The number of aromatic amines is 1. The number of halogens is 2. The third-order valence-corrected chi connectivity index (χ3v) is 6.35. The summed E-state index contributed by atoms with van der Waals surface area (Å²) >= 11 is 12.2. The van der Waals surface area contributed by atoms with E-state index in [1.807, 2.05) is 13.0 Å². The molecule has 0 aliphatic carbocycles. The van der Waals surface area contributed by atoms with Crippen LogP contribution >= 0.6 is 23.2 Å². The molecule has 176 valence electrons. The van der Waals surface area contributed by atoms with Crippen molar-refractivity contribution in [1.29, 1.82) is 5.41 Å². The van der Waals surface area contributed by atoms with Crippen molar-refractivity contribution in [3.05, 3.63) is 55.5 Å². The Morgan fingerprint density at radius 1 is 1.06 bits per heavy atom. The first-order valence-electron chi connectivity index (χ1n) is 11.8. The van der Waals surface area contributed by atoms with E-state index in [2.05, 4.69) is 24.1 Å². The molecular formula is C25H36Cl2N4O. The van der Waals surface area contributed by atoms with Gasteiger partial charge in [-0.2, -0.15) is 0 Å². The maximum absolute atomic E-state index is 12.9. The van der Waals surface area contributed by atoms with Crippen LogP contribution in [0.15, 0.2) is 23.0 Å². The van der Waals surface area contributed by atoms with Gasteiger partial charge < -0.3 is 15.7 Å². The molecular weight excluding hydrogens is 443 g/mol. The Balaban J connectivity index is 2.28. The molecule has 3 N–H and O–H groups in total. The monoisotopic (exact) mass is 478 g/mol. The van der Waals surface area contributed by atoms with E-state index in [1.54, 1.807) is 12.1 Å². The van der Waals surface area contributed by atoms with Crippen LogP contribution in [-0.2, 0) is 6.42 Å². The topological polar surface area (TPSA) is 81.6 Å². The van der Waals surface area contributed by atoms with Crippen LogP contribution in [0, 0.1) is 5.41 Å². The molecule has 0 bridgehead atoms. The Labute approximate surface area is 201 Å². The molecule has 1 aromatic heterocycles. The van der Waals surface area contributed by atoms with E-state index in [1.165, 1.54) is 25.7 Å². The largest absolute Gasteiger partial charge is 0.367 e. The molecule has 2 rings (SSSR count). The van der Waals surface area contributed by atoms with Crippen molar-refractivity contribution in [3.8, 4) is 0 Å². The van der Waals surface area contributed by atoms with Gasteiger partial charge in [-0.05, 0) is 37.0 Å². The quantitative estimate of drug-likeness (QED) is 0.195. The number of aromatic nitrogens is 2. The van der Waals surface area contributed by atoms with Gasteiger partial charge in [0.2, 0.25) is 0 Å². The zero-order valence-corrected chi connectivity index (χ0v) is 21.0. The molecule has 0 radical (unpaired) electrons. The standard InChI is InChI=1S/C25H36Cl2N4O/c1-4-7-8-9-10-12-18(11-5-2)29-24-23(21(28)6-3)25(32)31-22(30-24)16-17-13-14-19(26)20(27)15-17/h13-15,18,28H,4-12,16H2,1-3H3,(H2,29,30,31,32). The molecule has 32 heavy (non-hydrogen) atoms. The minimum atomic E-state index is -0.275. The van der Waals surface area contributed by atoms with Gasteiger partial charge in [0.25, 0.3) is 5.56 Å². The van der Waals surface area contributed by atoms with Crippen molar-refractivity contribution < 1.29 is 0 Å². The van der Waals surface area contributed by atoms with Crippen molar-refractivity contribution in [2.45, 2.75) is 91.0 Å². The minimum Gasteiger partial charge on any atom is -0.367 e. The van der Waals surface area contributed by atoms with Gasteiger partial charge in [-0.15, -0.1) is 0 Å². The summed E-state index contributed by atoms with van der Waals surface area (Å²) < 4.78 is 0. The van der Waals surface area contributed by atoms with Crippen LogP contribution in [0.4, 0.5) is 5.82 Å². The number of hydrogen-bond acceptors (Lipinski definition) is 4. The molecule has 0 spiro atoms. The first-order valence-corrected chi connectivity index (χ1v) is 12.6. The normalized spacial score (nSPS) is 12.0.